The molecule has 0 bridgehead atoms. The molecule has 5 heteroatoms. The van der Waals surface area contributed by atoms with E-state index in [2.05, 4.69) is 23.0 Å². The van der Waals surface area contributed by atoms with Crippen LogP contribution in [0, 0.1) is 6.92 Å². The number of aryl methyl sites for hydroxylation is 1. The van der Waals surface area contributed by atoms with E-state index in [-0.39, 0.29) is 17.2 Å². The van der Waals surface area contributed by atoms with Crippen molar-refractivity contribution in [3.8, 4) is 0 Å². The fraction of sp³-hybridized carbons (Fsp3) is 0.286. The fourth-order valence-electron chi connectivity index (χ4n) is 3.56. The quantitative estimate of drug-likeness (QED) is 0.511. The van der Waals surface area contributed by atoms with Gasteiger partial charge in [0.1, 0.15) is 10.9 Å². The van der Waals surface area contributed by atoms with Gasteiger partial charge in [0.05, 0.1) is 10.8 Å². The Morgan fingerprint density at radius 3 is 2.73 bits per heavy atom. The zero-order valence-electron chi connectivity index (χ0n) is 15.1. The first-order valence-electron chi connectivity index (χ1n) is 8.85. The van der Waals surface area contributed by atoms with E-state index >= 15 is 0 Å². The monoisotopic (exact) mass is 363 g/mol. The molecule has 0 saturated heterocycles. The maximum Gasteiger partial charge on any atom is 0.240 e. The molecular weight excluding hydrogens is 342 g/mol. The second-order valence-corrected chi connectivity index (χ2v) is 8.07. The Balaban J connectivity index is 1.63. The molecule has 2 heterocycles. The number of hydrogen-bond donors (Lipinski definition) is 0. The van der Waals surface area contributed by atoms with Gasteiger partial charge in [-0.2, -0.15) is 0 Å². The van der Waals surface area contributed by atoms with Gasteiger partial charge in [-0.3, -0.25) is 4.79 Å². The molecule has 2 atom stereocenters. The number of nitrogens with zero attached hydrogens (tertiary/aromatic N) is 3. The Labute approximate surface area is 157 Å². The molecule has 0 N–H and O–H groups in total. The molecule has 1 aromatic heterocycles. The van der Waals surface area contributed by atoms with Gasteiger partial charge in [0.15, 0.2) is 0 Å². The van der Waals surface area contributed by atoms with Crippen LogP contribution in [0.5, 0.6) is 0 Å². The highest BCUT2D eigenvalue weighted by atomic mass is 32.2. The molecule has 1 amide bonds. The zero-order chi connectivity index (χ0) is 18.3. The van der Waals surface area contributed by atoms with Gasteiger partial charge in [-0.1, -0.05) is 48.2 Å². The number of carbonyl (C=O) groups is 1. The molecule has 0 saturated carbocycles. The highest BCUT2D eigenvalue weighted by molar-refractivity contribution is 8.00. The minimum absolute atomic E-state index is 0.132. The summed E-state index contributed by atoms with van der Waals surface area (Å²) in [5.41, 5.74) is 3.21. The lowest BCUT2D eigenvalue weighted by Gasteiger charge is -2.26. The van der Waals surface area contributed by atoms with Gasteiger partial charge < -0.3 is 4.90 Å². The summed E-state index contributed by atoms with van der Waals surface area (Å²) >= 11 is 1.52. The molecule has 1 aliphatic heterocycles. The topological polar surface area (TPSA) is 46.1 Å². The van der Waals surface area contributed by atoms with Gasteiger partial charge in [-0.25, -0.2) is 9.97 Å². The lowest BCUT2D eigenvalue weighted by atomic mass is 10.1. The summed E-state index contributed by atoms with van der Waals surface area (Å²) in [6.45, 7) is 5.97. The number of amides is 1. The van der Waals surface area contributed by atoms with Crippen LogP contribution in [-0.4, -0.2) is 27.2 Å². The third-order valence-electron chi connectivity index (χ3n) is 4.76. The van der Waals surface area contributed by atoms with Crippen LogP contribution in [0.4, 0.5) is 5.69 Å². The van der Waals surface area contributed by atoms with E-state index in [0.29, 0.717) is 0 Å². The minimum atomic E-state index is -0.221. The number of thioether (sulfide) groups is 1. The van der Waals surface area contributed by atoms with Crippen molar-refractivity contribution in [1.82, 2.24) is 9.97 Å². The molecule has 0 spiro atoms. The Morgan fingerprint density at radius 2 is 1.88 bits per heavy atom. The summed E-state index contributed by atoms with van der Waals surface area (Å²) in [6.07, 6.45) is 0.912. The molecule has 4 rings (SSSR count). The molecule has 0 unspecified atom stereocenters. The average Bonchev–Trinajstić information content (AvgIpc) is 2.96. The first kappa shape index (κ1) is 17.0. The van der Waals surface area contributed by atoms with Gasteiger partial charge in [0, 0.05) is 17.1 Å². The van der Waals surface area contributed by atoms with Crippen LogP contribution < -0.4 is 4.90 Å². The predicted molar refractivity (Wildman–Crippen MR) is 107 cm³/mol. The van der Waals surface area contributed by atoms with E-state index in [0.717, 1.165) is 33.9 Å². The molecule has 0 fully saturated rings. The molecule has 0 radical (unpaired) electrons. The van der Waals surface area contributed by atoms with E-state index in [1.165, 1.54) is 17.3 Å². The highest BCUT2D eigenvalue weighted by Crippen LogP contribution is 2.35. The van der Waals surface area contributed by atoms with E-state index < -0.39 is 0 Å². The normalized spacial score (nSPS) is 17.3. The Kier molecular flexibility index (Phi) is 4.41. The maximum atomic E-state index is 13.2. The van der Waals surface area contributed by atoms with Crippen molar-refractivity contribution in [3.63, 3.8) is 0 Å². The predicted octanol–water partition coefficient (Wildman–Crippen LogP) is 4.40. The third-order valence-corrected chi connectivity index (χ3v) is 5.85. The average molecular weight is 363 g/mol. The number of fused-ring (bicyclic) bond motifs is 2. The summed E-state index contributed by atoms with van der Waals surface area (Å²) in [6, 6.07) is 16.3. The van der Waals surface area contributed by atoms with E-state index in [9.17, 15) is 4.79 Å². The molecule has 2 aromatic carbocycles. The van der Waals surface area contributed by atoms with Crippen LogP contribution in [0.2, 0.25) is 0 Å². The largest absolute Gasteiger partial charge is 0.308 e. The second kappa shape index (κ2) is 6.72. The number of aromatic nitrogens is 2. The van der Waals surface area contributed by atoms with Crippen molar-refractivity contribution in [2.75, 3.05) is 4.90 Å². The van der Waals surface area contributed by atoms with Gasteiger partial charge in [0.25, 0.3) is 0 Å². The minimum Gasteiger partial charge on any atom is -0.308 e. The van der Waals surface area contributed by atoms with Crippen molar-refractivity contribution < 1.29 is 4.79 Å². The SMILES string of the molecule is Cc1nc(S[C@@H](C)C(=O)N2c3ccccc3C[C@@H]2C)c2ccccc2n1. The van der Waals surface area contributed by atoms with Crippen molar-refractivity contribution in [3.05, 3.63) is 59.9 Å². The van der Waals surface area contributed by atoms with E-state index in [1.807, 2.05) is 61.2 Å². The van der Waals surface area contributed by atoms with Gasteiger partial charge in [0.2, 0.25) is 5.91 Å². The van der Waals surface area contributed by atoms with Crippen molar-refractivity contribution in [1.29, 1.82) is 0 Å². The second-order valence-electron chi connectivity index (χ2n) is 6.74. The molecule has 26 heavy (non-hydrogen) atoms. The maximum absolute atomic E-state index is 13.2. The van der Waals surface area contributed by atoms with Gasteiger partial charge >= 0.3 is 0 Å². The van der Waals surface area contributed by atoms with Crippen LogP contribution in [0.3, 0.4) is 0 Å². The first-order valence-corrected chi connectivity index (χ1v) is 9.73. The molecule has 4 nitrogen and oxygen atoms in total. The van der Waals surface area contributed by atoms with Crippen LogP contribution >= 0.6 is 11.8 Å². The summed E-state index contributed by atoms with van der Waals surface area (Å²) < 4.78 is 0. The van der Waals surface area contributed by atoms with Crippen molar-refractivity contribution >= 4 is 34.3 Å². The smallest absolute Gasteiger partial charge is 0.240 e. The Bertz CT molecular complexity index is 988. The van der Waals surface area contributed by atoms with Crippen molar-refractivity contribution in [2.24, 2.45) is 0 Å². The van der Waals surface area contributed by atoms with E-state index in [1.54, 1.807) is 0 Å². The van der Waals surface area contributed by atoms with Gasteiger partial charge in [-0.05, 0) is 44.9 Å². The highest BCUT2D eigenvalue weighted by Gasteiger charge is 2.33. The molecule has 0 aliphatic carbocycles. The molecule has 132 valence electrons. The van der Waals surface area contributed by atoms with Crippen molar-refractivity contribution in [2.45, 2.75) is 43.5 Å². The van der Waals surface area contributed by atoms with E-state index in [4.69, 9.17) is 0 Å². The number of benzene rings is 2. The Hall–Kier alpha value is -2.40. The summed E-state index contributed by atoms with van der Waals surface area (Å²) in [5.74, 6) is 0.860. The number of para-hydroxylation sites is 2. The van der Waals surface area contributed by atoms with Crippen LogP contribution in [0.1, 0.15) is 25.2 Å². The summed E-state index contributed by atoms with van der Waals surface area (Å²) in [4.78, 5) is 24.2. The van der Waals surface area contributed by atoms with Crippen LogP contribution in [-0.2, 0) is 11.2 Å². The molecule has 3 aromatic rings. The van der Waals surface area contributed by atoms with Crippen LogP contribution in [0.25, 0.3) is 10.9 Å². The lowest BCUT2D eigenvalue weighted by Crippen LogP contribution is -2.40. The number of hydrogen-bond acceptors (Lipinski definition) is 4. The number of rotatable bonds is 3. The first-order chi connectivity index (χ1) is 12.5. The fourth-order valence-corrected chi connectivity index (χ4v) is 4.60. The Morgan fingerprint density at radius 1 is 1.15 bits per heavy atom. The summed E-state index contributed by atoms with van der Waals surface area (Å²) in [7, 11) is 0. The zero-order valence-corrected chi connectivity index (χ0v) is 16.0. The number of anilines is 1. The molecule has 1 aliphatic rings. The molecular formula is C21H21N3OS. The van der Waals surface area contributed by atoms with Gasteiger partial charge in [-0.15, -0.1) is 0 Å². The summed E-state index contributed by atoms with van der Waals surface area (Å²) in [5, 5.41) is 1.65. The third kappa shape index (κ3) is 2.97. The standard InChI is InChI=1S/C21H21N3OS/c1-13-12-16-8-4-7-11-19(16)24(13)21(25)14(2)26-20-17-9-5-6-10-18(17)22-15(3)23-20/h4-11,13-14H,12H2,1-3H3/t13-,14-/m0/s1. The lowest BCUT2D eigenvalue weighted by molar-refractivity contribution is -0.118. The van der Waals surface area contributed by atoms with Crippen LogP contribution in [0.15, 0.2) is 53.6 Å². The number of carbonyl (C=O) groups excluding carboxylic acids is 1.